The third-order valence-corrected chi connectivity index (χ3v) is 4.57. The highest BCUT2D eigenvalue weighted by Crippen LogP contribution is 2.43. The molecule has 0 saturated carbocycles. The lowest BCUT2D eigenvalue weighted by atomic mass is 9.91. The number of rotatable bonds is 1. The number of hydrogen-bond donors (Lipinski definition) is 0. The van der Waals surface area contributed by atoms with Gasteiger partial charge in [0.25, 0.3) is 0 Å². The summed E-state index contributed by atoms with van der Waals surface area (Å²) in [6.45, 7) is 3.73. The maximum atomic E-state index is 10.9. The smallest absolute Gasteiger partial charge is 0.137 e. The Balaban J connectivity index is 2.61. The topological polar surface area (TPSA) is 17.1 Å². The van der Waals surface area contributed by atoms with Gasteiger partial charge in [-0.15, -0.1) is 0 Å². The van der Waals surface area contributed by atoms with Crippen molar-refractivity contribution in [1.29, 1.82) is 0 Å². The van der Waals surface area contributed by atoms with Crippen LogP contribution in [0.2, 0.25) is 0 Å². The molecule has 1 nitrogen and oxygen atoms in total. The van der Waals surface area contributed by atoms with Crippen molar-refractivity contribution in [1.82, 2.24) is 0 Å². The molecule has 9 heavy (non-hydrogen) atoms. The third-order valence-electron chi connectivity index (χ3n) is 1.69. The van der Waals surface area contributed by atoms with E-state index in [1.54, 1.807) is 28.5 Å². The van der Waals surface area contributed by atoms with Gasteiger partial charge in [0.05, 0.1) is 0 Å². The van der Waals surface area contributed by atoms with Gasteiger partial charge in [-0.25, -0.2) is 0 Å². The number of Topliss-reactive ketones (excluding diaryl/α,β-unsaturated/α-hetero) is 1. The van der Waals surface area contributed by atoms with E-state index < -0.39 is 0 Å². The van der Waals surface area contributed by atoms with Gasteiger partial charge in [0.2, 0.25) is 0 Å². The lowest BCUT2D eigenvalue weighted by Crippen LogP contribution is -2.27. The summed E-state index contributed by atoms with van der Waals surface area (Å²) in [7, 11) is 3.61. The second-order valence-electron chi connectivity index (χ2n) is 2.64. The summed E-state index contributed by atoms with van der Waals surface area (Å²) in [5.41, 5.74) is -0.0185. The highest BCUT2D eigenvalue weighted by atomic mass is 33.1. The van der Waals surface area contributed by atoms with Gasteiger partial charge in [-0.1, -0.05) is 28.5 Å². The van der Waals surface area contributed by atoms with Crippen LogP contribution in [0.15, 0.2) is 0 Å². The van der Waals surface area contributed by atoms with E-state index >= 15 is 0 Å². The summed E-state index contributed by atoms with van der Waals surface area (Å²) in [5.74, 6) is 2.32. The summed E-state index contributed by atoms with van der Waals surface area (Å²) in [6, 6.07) is 0. The summed E-state index contributed by atoms with van der Waals surface area (Å²) in [6.07, 6.45) is 0. The largest absolute Gasteiger partial charge is 0.299 e. The molecule has 1 rings (SSSR count). The van der Waals surface area contributed by atoms with Crippen molar-refractivity contribution < 1.29 is 4.79 Å². The minimum Gasteiger partial charge on any atom is -0.299 e. The van der Waals surface area contributed by atoms with Crippen molar-refractivity contribution in [2.75, 3.05) is 11.5 Å². The molecule has 0 bridgehead atoms. The van der Waals surface area contributed by atoms with Crippen LogP contribution in [0.3, 0.4) is 0 Å². The van der Waals surface area contributed by atoms with Crippen molar-refractivity contribution in [2.24, 2.45) is 5.41 Å². The molecule has 1 fully saturated rings. The van der Waals surface area contributed by atoms with Gasteiger partial charge in [-0.05, 0) is 6.92 Å². The van der Waals surface area contributed by atoms with Crippen LogP contribution in [0, 0.1) is 5.41 Å². The van der Waals surface area contributed by atoms with Crippen LogP contribution in [0.5, 0.6) is 0 Å². The van der Waals surface area contributed by atoms with Gasteiger partial charge in [0.1, 0.15) is 5.78 Å². The standard InChI is InChI=1S/C6H10OS2/c1-5(7)6(2)3-8-9-4-6/h3-4H2,1-2H3. The molecule has 3 heteroatoms. The van der Waals surface area contributed by atoms with Gasteiger partial charge in [-0.2, -0.15) is 0 Å². The van der Waals surface area contributed by atoms with E-state index in [1.165, 1.54) is 0 Å². The van der Waals surface area contributed by atoms with E-state index in [4.69, 9.17) is 0 Å². The first-order valence-corrected chi connectivity index (χ1v) is 5.39. The minimum atomic E-state index is -0.0185. The zero-order chi connectivity index (χ0) is 6.91. The Kier molecular flexibility index (Phi) is 2.11. The molecule has 1 aliphatic rings. The van der Waals surface area contributed by atoms with E-state index in [9.17, 15) is 4.79 Å². The van der Waals surface area contributed by atoms with Crippen LogP contribution in [-0.4, -0.2) is 17.3 Å². The predicted octanol–water partition coefficient (Wildman–Crippen LogP) is 1.98. The Morgan fingerprint density at radius 1 is 1.44 bits per heavy atom. The van der Waals surface area contributed by atoms with Gasteiger partial charge in [0, 0.05) is 16.9 Å². The maximum absolute atomic E-state index is 10.9. The number of ketones is 1. The molecule has 0 aliphatic carbocycles. The molecule has 1 heterocycles. The van der Waals surface area contributed by atoms with E-state index in [0.29, 0.717) is 5.78 Å². The maximum Gasteiger partial charge on any atom is 0.137 e. The van der Waals surface area contributed by atoms with E-state index in [1.807, 2.05) is 6.92 Å². The molecule has 1 aliphatic heterocycles. The summed E-state index contributed by atoms with van der Waals surface area (Å²) < 4.78 is 0. The van der Waals surface area contributed by atoms with E-state index in [2.05, 4.69) is 0 Å². The fourth-order valence-corrected chi connectivity index (χ4v) is 4.08. The minimum absolute atomic E-state index is 0.0185. The first-order valence-electron chi connectivity index (χ1n) is 2.91. The Morgan fingerprint density at radius 3 is 2.11 bits per heavy atom. The molecule has 0 aromatic carbocycles. The van der Waals surface area contributed by atoms with Gasteiger partial charge in [-0.3, -0.25) is 4.79 Å². The van der Waals surface area contributed by atoms with Crippen LogP contribution in [-0.2, 0) is 4.79 Å². The SMILES string of the molecule is CC(=O)C1(C)CSSC1. The Bertz CT molecular complexity index is 127. The predicted molar refractivity (Wildman–Crippen MR) is 43.7 cm³/mol. The quantitative estimate of drug-likeness (QED) is 0.549. The average molecular weight is 162 g/mol. The van der Waals surface area contributed by atoms with Crippen molar-refractivity contribution in [3.8, 4) is 0 Å². The molecule has 1 saturated heterocycles. The van der Waals surface area contributed by atoms with Crippen LogP contribution in [0.4, 0.5) is 0 Å². The molecule has 0 aromatic rings. The van der Waals surface area contributed by atoms with Gasteiger partial charge >= 0.3 is 0 Å². The average Bonchev–Trinajstić information content (AvgIpc) is 2.16. The molecule has 0 unspecified atom stereocenters. The first kappa shape index (κ1) is 7.48. The highest BCUT2D eigenvalue weighted by molar-refractivity contribution is 8.77. The van der Waals surface area contributed by atoms with Crippen molar-refractivity contribution in [3.63, 3.8) is 0 Å². The zero-order valence-corrected chi connectivity index (χ0v) is 7.27. The Hall–Kier alpha value is 0.370. The van der Waals surface area contributed by atoms with Crippen LogP contribution < -0.4 is 0 Å². The highest BCUT2D eigenvalue weighted by Gasteiger charge is 2.34. The van der Waals surface area contributed by atoms with Crippen molar-refractivity contribution >= 4 is 27.4 Å². The van der Waals surface area contributed by atoms with Crippen LogP contribution in [0.25, 0.3) is 0 Å². The molecule has 0 amide bonds. The molecule has 0 N–H and O–H groups in total. The number of hydrogen-bond acceptors (Lipinski definition) is 3. The normalized spacial score (nSPS) is 24.2. The molecular weight excluding hydrogens is 152 g/mol. The monoisotopic (exact) mass is 162 g/mol. The lowest BCUT2D eigenvalue weighted by Gasteiger charge is -2.15. The molecule has 0 aromatic heterocycles. The van der Waals surface area contributed by atoms with E-state index in [0.717, 1.165) is 11.5 Å². The lowest BCUT2D eigenvalue weighted by molar-refractivity contribution is -0.123. The third kappa shape index (κ3) is 1.44. The zero-order valence-electron chi connectivity index (χ0n) is 5.64. The Morgan fingerprint density at radius 2 is 1.89 bits per heavy atom. The van der Waals surface area contributed by atoms with E-state index in [-0.39, 0.29) is 5.41 Å². The summed E-state index contributed by atoms with van der Waals surface area (Å²) in [5, 5.41) is 0. The summed E-state index contributed by atoms with van der Waals surface area (Å²) >= 11 is 0. The first-order chi connectivity index (χ1) is 4.15. The Labute approximate surface area is 63.4 Å². The summed E-state index contributed by atoms with van der Waals surface area (Å²) in [4.78, 5) is 10.9. The molecule has 0 spiro atoms. The van der Waals surface area contributed by atoms with Crippen LogP contribution in [0.1, 0.15) is 13.8 Å². The van der Waals surface area contributed by atoms with Crippen LogP contribution >= 0.6 is 21.6 Å². The molecule has 52 valence electrons. The fourth-order valence-electron chi connectivity index (χ4n) is 0.588. The van der Waals surface area contributed by atoms with Gasteiger partial charge in [0.15, 0.2) is 0 Å². The fraction of sp³-hybridized carbons (Fsp3) is 0.833. The van der Waals surface area contributed by atoms with Crippen molar-refractivity contribution in [2.45, 2.75) is 13.8 Å². The molecular formula is C6H10OS2. The second-order valence-corrected chi connectivity index (χ2v) is 5.10. The van der Waals surface area contributed by atoms with Crippen molar-refractivity contribution in [3.05, 3.63) is 0 Å². The number of carbonyl (C=O) groups excluding carboxylic acids is 1. The number of carbonyl (C=O) groups is 1. The second kappa shape index (κ2) is 2.54. The van der Waals surface area contributed by atoms with Gasteiger partial charge < -0.3 is 0 Å². The molecule has 0 radical (unpaired) electrons. The molecule has 0 atom stereocenters.